The first kappa shape index (κ1) is 15.2. The predicted octanol–water partition coefficient (Wildman–Crippen LogP) is 1.83. The Kier molecular flexibility index (Phi) is 5.78. The van der Waals surface area contributed by atoms with Gasteiger partial charge in [0.25, 0.3) is 0 Å². The molecule has 0 atom stereocenters. The minimum Gasteiger partial charge on any atom is -0.350 e. The summed E-state index contributed by atoms with van der Waals surface area (Å²) in [6, 6.07) is 0. The second-order valence-corrected chi connectivity index (χ2v) is 4.69. The van der Waals surface area contributed by atoms with Gasteiger partial charge in [-0.1, -0.05) is 0 Å². The maximum atomic E-state index is 11.8. The van der Waals surface area contributed by atoms with Gasteiger partial charge in [-0.05, 0) is 33.7 Å². The van der Waals surface area contributed by atoms with Crippen molar-refractivity contribution in [3.05, 3.63) is 0 Å². The number of nitrogens with one attached hydrogen (secondary N) is 2. The first-order valence-corrected chi connectivity index (χ1v) is 5.19. The number of rotatable bonds is 5. The van der Waals surface area contributed by atoms with Crippen molar-refractivity contribution >= 4 is 5.91 Å². The van der Waals surface area contributed by atoms with Crippen LogP contribution in [0.1, 0.15) is 33.6 Å². The number of alkyl halides is 3. The Morgan fingerprint density at radius 1 is 1.19 bits per heavy atom. The van der Waals surface area contributed by atoms with Crippen molar-refractivity contribution < 1.29 is 18.0 Å². The summed E-state index contributed by atoms with van der Waals surface area (Å²) in [6.45, 7) is 5.77. The summed E-state index contributed by atoms with van der Waals surface area (Å²) in [7, 11) is 0. The molecule has 0 aliphatic rings. The van der Waals surface area contributed by atoms with E-state index in [1.54, 1.807) is 0 Å². The van der Waals surface area contributed by atoms with Crippen LogP contribution in [0.15, 0.2) is 0 Å². The molecule has 0 saturated carbocycles. The Balaban J connectivity index is 3.50. The summed E-state index contributed by atoms with van der Waals surface area (Å²) in [5, 5.41) is 5.37. The van der Waals surface area contributed by atoms with Crippen LogP contribution in [-0.4, -0.2) is 30.7 Å². The molecule has 0 aromatic rings. The lowest BCUT2D eigenvalue weighted by atomic mass is 10.1. The van der Waals surface area contributed by atoms with Gasteiger partial charge >= 0.3 is 6.18 Å². The first-order chi connectivity index (χ1) is 7.10. The maximum Gasteiger partial charge on any atom is 0.389 e. The highest BCUT2D eigenvalue weighted by molar-refractivity contribution is 5.78. The van der Waals surface area contributed by atoms with Crippen LogP contribution in [0.25, 0.3) is 0 Å². The highest BCUT2D eigenvalue weighted by Gasteiger charge is 2.25. The van der Waals surface area contributed by atoms with Crippen LogP contribution in [0.3, 0.4) is 0 Å². The minimum atomic E-state index is -4.12. The van der Waals surface area contributed by atoms with Gasteiger partial charge in [0, 0.05) is 12.0 Å². The van der Waals surface area contributed by atoms with Crippen molar-refractivity contribution in [1.82, 2.24) is 10.6 Å². The molecule has 0 fully saturated rings. The Morgan fingerprint density at radius 2 is 1.75 bits per heavy atom. The van der Waals surface area contributed by atoms with Gasteiger partial charge < -0.3 is 10.6 Å². The van der Waals surface area contributed by atoms with E-state index < -0.39 is 12.6 Å². The third-order valence-electron chi connectivity index (χ3n) is 1.61. The topological polar surface area (TPSA) is 41.1 Å². The minimum absolute atomic E-state index is 0.00764. The quantitative estimate of drug-likeness (QED) is 0.720. The monoisotopic (exact) mass is 240 g/mol. The molecule has 0 spiro atoms. The molecule has 96 valence electrons. The lowest BCUT2D eigenvalue weighted by Gasteiger charge is -2.20. The molecule has 16 heavy (non-hydrogen) atoms. The molecule has 0 aromatic carbocycles. The zero-order valence-electron chi connectivity index (χ0n) is 9.87. The average Bonchev–Trinajstić information content (AvgIpc) is 1.97. The van der Waals surface area contributed by atoms with Crippen molar-refractivity contribution in [2.45, 2.75) is 45.3 Å². The number of carbonyl (C=O) groups excluding carboxylic acids is 1. The van der Waals surface area contributed by atoms with E-state index in [1.807, 2.05) is 20.8 Å². The molecule has 0 saturated heterocycles. The number of hydrogen-bond donors (Lipinski definition) is 2. The SMILES string of the molecule is CC(C)(C)NC(=O)CNCCCC(F)(F)F. The van der Waals surface area contributed by atoms with Crippen LogP contribution in [-0.2, 0) is 4.79 Å². The van der Waals surface area contributed by atoms with Crippen molar-refractivity contribution in [1.29, 1.82) is 0 Å². The Morgan fingerprint density at radius 3 is 2.19 bits per heavy atom. The van der Waals surface area contributed by atoms with Crippen LogP contribution in [0, 0.1) is 0 Å². The van der Waals surface area contributed by atoms with Gasteiger partial charge in [0.2, 0.25) is 5.91 Å². The summed E-state index contributed by atoms with van der Waals surface area (Å²) in [5.74, 6) is -0.209. The van der Waals surface area contributed by atoms with Gasteiger partial charge in [0.1, 0.15) is 0 Å². The molecule has 0 radical (unpaired) electrons. The second-order valence-electron chi connectivity index (χ2n) is 4.69. The zero-order valence-corrected chi connectivity index (χ0v) is 9.87. The van der Waals surface area contributed by atoms with Gasteiger partial charge in [0.15, 0.2) is 0 Å². The zero-order chi connectivity index (χ0) is 12.8. The highest BCUT2D eigenvalue weighted by Crippen LogP contribution is 2.20. The molecule has 0 heterocycles. The molecule has 0 aromatic heterocycles. The van der Waals surface area contributed by atoms with E-state index in [4.69, 9.17) is 0 Å². The van der Waals surface area contributed by atoms with Crippen molar-refractivity contribution in [2.75, 3.05) is 13.1 Å². The number of halogens is 3. The fourth-order valence-corrected chi connectivity index (χ4v) is 1.08. The van der Waals surface area contributed by atoms with E-state index in [0.29, 0.717) is 0 Å². The molecule has 0 rings (SSSR count). The summed E-state index contributed by atoms with van der Waals surface area (Å²) < 4.78 is 35.3. The normalized spacial score (nSPS) is 12.6. The summed E-state index contributed by atoms with van der Waals surface area (Å²) in [4.78, 5) is 11.2. The molecule has 0 aliphatic carbocycles. The van der Waals surface area contributed by atoms with E-state index in [0.717, 1.165) is 0 Å². The van der Waals surface area contributed by atoms with Gasteiger partial charge in [-0.3, -0.25) is 4.79 Å². The van der Waals surface area contributed by atoms with Crippen LogP contribution in [0.2, 0.25) is 0 Å². The molecular weight excluding hydrogens is 221 g/mol. The summed E-state index contributed by atoms with van der Waals surface area (Å²) >= 11 is 0. The van der Waals surface area contributed by atoms with E-state index in [-0.39, 0.29) is 31.0 Å². The third kappa shape index (κ3) is 11.3. The van der Waals surface area contributed by atoms with E-state index in [2.05, 4.69) is 10.6 Å². The predicted molar refractivity (Wildman–Crippen MR) is 56.1 cm³/mol. The van der Waals surface area contributed by atoms with Crippen molar-refractivity contribution in [3.8, 4) is 0 Å². The van der Waals surface area contributed by atoms with Crippen molar-refractivity contribution in [3.63, 3.8) is 0 Å². The van der Waals surface area contributed by atoms with Crippen molar-refractivity contribution in [2.24, 2.45) is 0 Å². The Bertz CT molecular complexity index is 221. The van der Waals surface area contributed by atoms with Crippen LogP contribution in [0.5, 0.6) is 0 Å². The molecule has 1 amide bonds. The van der Waals surface area contributed by atoms with E-state index in [1.165, 1.54) is 0 Å². The third-order valence-corrected chi connectivity index (χ3v) is 1.61. The number of carbonyl (C=O) groups is 1. The maximum absolute atomic E-state index is 11.8. The lowest BCUT2D eigenvalue weighted by Crippen LogP contribution is -2.45. The van der Waals surface area contributed by atoms with Gasteiger partial charge in [-0.2, -0.15) is 13.2 Å². The van der Waals surface area contributed by atoms with E-state index in [9.17, 15) is 18.0 Å². The largest absolute Gasteiger partial charge is 0.389 e. The highest BCUT2D eigenvalue weighted by atomic mass is 19.4. The standard InChI is InChI=1S/C10H19F3N2O/c1-9(2,3)15-8(16)7-14-6-4-5-10(11,12)13/h14H,4-7H2,1-3H3,(H,15,16). The summed E-state index contributed by atoms with van der Waals surface area (Å²) in [5.41, 5.74) is -0.315. The van der Waals surface area contributed by atoms with Crippen LogP contribution in [0.4, 0.5) is 13.2 Å². The van der Waals surface area contributed by atoms with Gasteiger partial charge in [-0.15, -0.1) is 0 Å². The molecule has 3 nitrogen and oxygen atoms in total. The van der Waals surface area contributed by atoms with Crippen LogP contribution >= 0.6 is 0 Å². The number of hydrogen-bond acceptors (Lipinski definition) is 2. The molecule has 0 unspecified atom stereocenters. The average molecular weight is 240 g/mol. The first-order valence-electron chi connectivity index (χ1n) is 5.19. The molecular formula is C10H19F3N2O. The fourth-order valence-electron chi connectivity index (χ4n) is 1.08. The molecule has 6 heteroatoms. The van der Waals surface area contributed by atoms with E-state index >= 15 is 0 Å². The van der Waals surface area contributed by atoms with Crippen LogP contribution < -0.4 is 10.6 Å². The molecule has 0 aliphatic heterocycles. The van der Waals surface area contributed by atoms with Gasteiger partial charge in [-0.25, -0.2) is 0 Å². The summed E-state index contributed by atoms with van der Waals surface area (Å²) in [6.07, 6.45) is -4.94. The fraction of sp³-hybridized carbons (Fsp3) is 0.900. The smallest absolute Gasteiger partial charge is 0.350 e. The molecule has 0 bridgehead atoms. The Hall–Kier alpha value is -0.780. The lowest BCUT2D eigenvalue weighted by molar-refractivity contribution is -0.135. The number of amides is 1. The molecule has 2 N–H and O–H groups in total. The second kappa shape index (κ2) is 6.08. The Labute approximate surface area is 93.8 Å². The van der Waals surface area contributed by atoms with Gasteiger partial charge in [0.05, 0.1) is 6.54 Å².